The van der Waals surface area contributed by atoms with E-state index in [0.717, 1.165) is 25.2 Å². The highest BCUT2D eigenvalue weighted by atomic mass is 16.5. The van der Waals surface area contributed by atoms with Crippen LogP contribution in [0.3, 0.4) is 0 Å². The van der Waals surface area contributed by atoms with Gasteiger partial charge in [-0.05, 0) is 25.1 Å². The number of H-pyrrole nitrogens is 1. The fraction of sp³-hybridized carbons (Fsp3) is 0.389. The molecule has 4 rings (SSSR count). The summed E-state index contributed by atoms with van der Waals surface area (Å²) in [5.74, 6) is 0.698. The van der Waals surface area contributed by atoms with Crippen LogP contribution in [0.25, 0.3) is 10.9 Å². The molecule has 0 radical (unpaired) electrons. The van der Waals surface area contributed by atoms with E-state index in [1.165, 1.54) is 0 Å². The number of ether oxygens (including phenoxy) is 1. The molecule has 1 aromatic carbocycles. The van der Waals surface area contributed by atoms with Gasteiger partial charge >= 0.3 is 0 Å². The molecule has 1 fully saturated rings. The summed E-state index contributed by atoms with van der Waals surface area (Å²) in [5.41, 5.74) is 0.642. The van der Waals surface area contributed by atoms with Gasteiger partial charge in [0, 0.05) is 25.5 Å². The van der Waals surface area contributed by atoms with Crippen LogP contribution in [0.15, 0.2) is 47.5 Å². The molecule has 3 heterocycles. The second kappa shape index (κ2) is 6.78. The summed E-state index contributed by atoms with van der Waals surface area (Å²) in [4.78, 5) is 22.2. The highest BCUT2D eigenvalue weighted by molar-refractivity contribution is 5.77. The predicted molar refractivity (Wildman–Crippen MR) is 94.3 cm³/mol. The minimum atomic E-state index is -0.0891. The monoisotopic (exact) mass is 339 g/mol. The minimum absolute atomic E-state index is 0.0151. The van der Waals surface area contributed by atoms with Crippen LogP contribution < -0.4 is 5.56 Å². The summed E-state index contributed by atoms with van der Waals surface area (Å²) in [5, 5.41) is 4.86. The first-order chi connectivity index (χ1) is 12.2. The maximum absolute atomic E-state index is 12.3. The summed E-state index contributed by atoms with van der Waals surface area (Å²) >= 11 is 0. The molecule has 0 saturated carbocycles. The number of morpholine rings is 1. The van der Waals surface area contributed by atoms with E-state index in [9.17, 15) is 4.79 Å². The molecular weight excluding hydrogens is 318 g/mol. The second-order valence-corrected chi connectivity index (χ2v) is 6.36. The Balaban J connectivity index is 1.53. The highest BCUT2D eigenvalue weighted by Crippen LogP contribution is 2.21. The van der Waals surface area contributed by atoms with Gasteiger partial charge in [0.15, 0.2) is 0 Å². The molecule has 1 N–H and O–H groups in total. The molecule has 0 amide bonds. The van der Waals surface area contributed by atoms with Gasteiger partial charge in [0.05, 0.1) is 36.2 Å². The van der Waals surface area contributed by atoms with Gasteiger partial charge < -0.3 is 9.72 Å². The van der Waals surface area contributed by atoms with Crippen molar-refractivity contribution in [2.45, 2.75) is 25.6 Å². The first-order valence-electron chi connectivity index (χ1n) is 8.53. The van der Waals surface area contributed by atoms with Crippen molar-refractivity contribution in [2.75, 3.05) is 19.7 Å². The second-order valence-electron chi connectivity index (χ2n) is 6.36. The quantitative estimate of drug-likeness (QED) is 0.781. The number of aromatic amines is 1. The Morgan fingerprint density at radius 3 is 3.08 bits per heavy atom. The lowest BCUT2D eigenvalue weighted by molar-refractivity contribution is -0.0506. The predicted octanol–water partition coefficient (Wildman–Crippen LogP) is 1.58. The number of rotatable bonds is 4. The lowest BCUT2D eigenvalue weighted by Crippen LogP contribution is -2.45. The van der Waals surface area contributed by atoms with E-state index < -0.39 is 0 Å². The molecule has 3 aromatic rings. The molecule has 1 aliphatic heterocycles. The topological polar surface area (TPSA) is 76.0 Å². The maximum Gasteiger partial charge on any atom is 0.258 e. The zero-order valence-corrected chi connectivity index (χ0v) is 14.1. The number of hydrogen-bond acceptors (Lipinski definition) is 5. The van der Waals surface area contributed by atoms with Crippen molar-refractivity contribution >= 4 is 10.9 Å². The van der Waals surface area contributed by atoms with Crippen molar-refractivity contribution in [3.8, 4) is 0 Å². The zero-order valence-electron chi connectivity index (χ0n) is 14.1. The summed E-state index contributed by atoms with van der Waals surface area (Å²) in [6, 6.07) is 9.35. The molecule has 0 spiro atoms. The third kappa shape index (κ3) is 3.33. The Labute approximate surface area is 145 Å². The lowest BCUT2D eigenvalue weighted by Gasteiger charge is -2.36. The fourth-order valence-corrected chi connectivity index (χ4v) is 3.30. The van der Waals surface area contributed by atoms with E-state index in [1.54, 1.807) is 12.3 Å². The van der Waals surface area contributed by atoms with Gasteiger partial charge in [0.1, 0.15) is 5.82 Å². The highest BCUT2D eigenvalue weighted by Gasteiger charge is 2.26. The van der Waals surface area contributed by atoms with Crippen molar-refractivity contribution < 1.29 is 4.74 Å². The average molecular weight is 339 g/mol. The number of nitrogens with zero attached hydrogens (tertiary/aromatic N) is 4. The molecule has 25 heavy (non-hydrogen) atoms. The van der Waals surface area contributed by atoms with Crippen molar-refractivity contribution in [1.29, 1.82) is 0 Å². The molecule has 2 unspecified atom stereocenters. The van der Waals surface area contributed by atoms with Gasteiger partial charge in [-0.2, -0.15) is 5.10 Å². The van der Waals surface area contributed by atoms with Crippen LogP contribution in [0.1, 0.15) is 18.8 Å². The first kappa shape index (κ1) is 16.0. The molecule has 0 aliphatic carbocycles. The molecule has 0 bridgehead atoms. The number of benzene rings is 1. The lowest BCUT2D eigenvalue weighted by atomic mass is 10.2. The maximum atomic E-state index is 12.3. The van der Waals surface area contributed by atoms with Gasteiger partial charge in [-0.1, -0.05) is 12.1 Å². The summed E-state index contributed by atoms with van der Waals surface area (Å²) in [6.45, 7) is 5.04. The van der Waals surface area contributed by atoms with Crippen LogP contribution >= 0.6 is 0 Å². The normalized spacial score (nSPS) is 20.0. The van der Waals surface area contributed by atoms with E-state index in [-0.39, 0.29) is 17.7 Å². The average Bonchev–Trinajstić information content (AvgIpc) is 3.14. The van der Waals surface area contributed by atoms with Crippen molar-refractivity contribution in [3.05, 3.63) is 58.9 Å². The Morgan fingerprint density at radius 1 is 1.36 bits per heavy atom. The summed E-state index contributed by atoms with van der Waals surface area (Å²) < 4.78 is 7.75. The summed E-state index contributed by atoms with van der Waals surface area (Å²) in [7, 11) is 0. The number of para-hydroxylation sites is 1. The Morgan fingerprint density at radius 2 is 2.24 bits per heavy atom. The third-order valence-corrected chi connectivity index (χ3v) is 4.69. The number of aromatic nitrogens is 4. The van der Waals surface area contributed by atoms with Crippen molar-refractivity contribution in [3.63, 3.8) is 0 Å². The van der Waals surface area contributed by atoms with E-state index in [0.29, 0.717) is 17.8 Å². The number of nitrogens with one attached hydrogen (secondary N) is 1. The molecule has 2 atom stereocenters. The van der Waals surface area contributed by atoms with Crippen LogP contribution in [0, 0.1) is 0 Å². The van der Waals surface area contributed by atoms with Crippen LogP contribution in [0.2, 0.25) is 0 Å². The van der Waals surface area contributed by atoms with Crippen molar-refractivity contribution in [2.24, 2.45) is 0 Å². The van der Waals surface area contributed by atoms with Gasteiger partial charge in [-0.3, -0.25) is 14.4 Å². The molecule has 1 saturated heterocycles. The van der Waals surface area contributed by atoms with Gasteiger partial charge in [-0.25, -0.2) is 4.98 Å². The molecule has 7 heteroatoms. The van der Waals surface area contributed by atoms with Crippen LogP contribution in [0.5, 0.6) is 0 Å². The molecular formula is C18H21N5O2. The van der Waals surface area contributed by atoms with Gasteiger partial charge in [0.2, 0.25) is 0 Å². The largest absolute Gasteiger partial charge is 0.374 e. The smallest absolute Gasteiger partial charge is 0.258 e. The number of hydrogen-bond donors (Lipinski definition) is 1. The van der Waals surface area contributed by atoms with E-state index in [2.05, 4.69) is 26.9 Å². The Hall–Kier alpha value is -2.51. The van der Waals surface area contributed by atoms with Crippen LogP contribution in [-0.4, -0.2) is 50.4 Å². The SMILES string of the molecule is CC(c1nc2ccccc2c(=O)[nH]1)N1CCOC(Cn2cccn2)C1. The standard InChI is InChI=1S/C18H21N5O2/c1-13(17-20-16-6-3-2-5-15(16)18(24)21-17)22-9-10-25-14(11-22)12-23-8-4-7-19-23/h2-8,13-14H,9-12H2,1H3,(H,20,21,24). The Kier molecular flexibility index (Phi) is 4.33. The molecule has 1 aliphatic rings. The van der Waals surface area contributed by atoms with E-state index in [1.807, 2.05) is 35.1 Å². The van der Waals surface area contributed by atoms with Crippen LogP contribution in [-0.2, 0) is 11.3 Å². The van der Waals surface area contributed by atoms with Gasteiger partial charge in [-0.15, -0.1) is 0 Å². The molecule has 2 aromatic heterocycles. The fourth-order valence-electron chi connectivity index (χ4n) is 3.30. The molecule has 130 valence electrons. The summed E-state index contributed by atoms with van der Waals surface area (Å²) in [6.07, 6.45) is 3.78. The van der Waals surface area contributed by atoms with E-state index >= 15 is 0 Å². The van der Waals surface area contributed by atoms with Gasteiger partial charge in [0.25, 0.3) is 5.56 Å². The van der Waals surface area contributed by atoms with E-state index in [4.69, 9.17) is 4.74 Å². The molecule has 7 nitrogen and oxygen atoms in total. The first-order valence-corrected chi connectivity index (χ1v) is 8.53. The zero-order chi connectivity index (χ0) is 17.2. The van der Waals surface area contributed by atoms with Crippen molar-refractivity contribution in [1.82, 2.24) is 24.6 Å². The number of fused-ring (bicyclic) bond motifs is 1. The minimum Gasteiger partial charge on any atom is -0.374 e. The third-order valence-electron chi connectivity index (χ3n) is 4.69. The Bertz CT molecular complexity index is 905. The van der Waals surface area contributed by atoms with Crippen LogP contribution in [0.4, 0.5) is 0 Å².